The highest BCUT2D eigenvalue weighted by Gasteiger charge is 2.60. The average Bonchev–Trinajstić information content (AvgIpc) is 3.16. The quantitative estimate of drug-likeness (QED) is 0.621. The zero-order valence-corrected chi connectivity index (χ0v) is 15.5. The van der Waals surface area contributed by atoms with Crippen molar-refractivity contribution in [3.05, 3.63) is 23.1 Å². The summed E-state index contributed by atoms with van der Waals surface area (Å²) in [6.07, 6.45) is 4.73. The van der Waals surface area contributed by atoms with Gasteiger partial charge in [-0.05, 0) is 13.2 Å². The maximum atomic E-state index is 12.4. The number of imidazole rings is 1. The van der Waals surface area contributed by atoms with Crippen LogP contribution in [0.15, 0.2) is 23.2 Å². The number of hydrogen-bond donors (Lipinski definition) is 2. The first-order valence-electron chi connectivity index (χ1n) is 7.86. The molecule has 1 saturated heterocycles. The van der Waals surface area contributed by atoms with Gasteiger partial charge in [0.1, 0.15) is 21.9 Å². The van der Waals surface area contributed by atoms with Gasteiger partial charge >= 0.3 is 5.97 Å². The van der Waals surface area contributed by atoms with Crippen molar-refractivity contribution in [2.75, 3.05) is 6.26 Å². The number of hydrogen-bond acceptors (Lipinski definition) is 6. The number of fused-ring (bicyclic) bond motifs is 2. The van der Waals surface area contributed by atoms with Crippen LogP contribution in [0.5, 0.6) is 0 Å². The van der Waals surface area contributed by atoms with Crippen molar-refractivity contribution in [1.29, 1.82) is 0 Å². The Bertz CT molecular complexity index is 929. The van der Waals surface area contributed by atoms with E-state index in [0.29, 0.717) is 5.57 Å². The number of aromatic nitrogens is 2. The zero-order chi connectivity index (χ0) is 18.0. The summed E-state index contributed by atoms with van der Waals surface area (Å²) in [6.45, 7) is 3.50. The number of aliphatic hydroxyl groups excluding tert-OH is 1. The van der Waals surface area contributed by atoms with Crippen LogP contribution in [-0.2, 0) is 9.59 Å². The van der Waals surface area contributed by atoms with Crippen LogP contribution in [-0.4, -0.2) is 54.8 Å². The molecule has 0 spiro atoms. The average molecular weight is 379 g/mol. The molecule has 0 aliphatic carbocycles. The second kappa shape index (κ2) is 5.58. The number of carboxylic acids is 1. The highest BCUT2D eigenvalue weighted by Crippen LogP contribution is 2.51. The van der Waals surface area contributed by atoms with Gasteiger partial charge in [0.15, 0.2) is 0 Å². The van der Waals surface area contributed by atoms with E-state index in [9.17, 15) is 19.8 Å². The van der Waals surface area contributed by atoms with Crippen molar-refractivity contribution in [3.63, 3.8) is 0 Å². The number of rotatable bonds is 4. The van der Waals surface area contributed by atoms with Gasteiger partial charge in [0.25, 0.3) is 0 Å². The Labute approximate surface area is 152 Å². The zero-order valence-electron chi connectivity index (χ0n) is 13.8. The van der Waals surface area contributed by atoms with Crippen molar-refractivity contribution in [2.45, 2.75) is 31.0 Å². The molecular formula is C16H17N3O4S2. The van der Waals surface area contributed by atoms with E-state index in [4.69, 9.17) is 0 Å². The van der Waals surface area contributed by atoms with Crippen LogP contribution in [0.1, 0.15) is 18.7 Å². The van der Waals surface area contributed by atoms with Gasteiger partial charge in [-0.2, -0.15) is 0 Å². The number of aliphatic hydroxyl groups is 1. The largest absolute Gasteiger partial charge is 0.477 e. The van der Waals surface area contributed by atoms with E-state index in [-0.39, 0.29) is 23.6 Å². The number of amides is 1. The summed E-state index contributed by atoms with van der Waals surface area (Å²) < 4.78 is 1.88. The molecule has 2 aliphatic heterocycles. The van der Waals surface area contributed by atoms with Crippen LogP contribution in [0.25, 0.3) is 10.4 Å². The van der Waals surface area contributed by atoms with Crippen molar-refractivity contribution in [1.82, 2.24) is 14.3 Å². The second-order valence-electron chi connectivity index (χ2n) is 6.38. The van der Waals surface area contributed by atoms with Crippen LogP contribution in [0.3, 0.4) is 0 Å². The molecule has 4 rings (SSSR count). The molecule has 2 N–H and O–H groups in total. The molecule has 0 bridgehead atoms. The Hall–Kier alpha value is -1.84. The Morgan fingerprint density at radius 1 is 1.48 bits per heavy atom. The van der Waals surface area contributed by atoms with E-state index in [1.165, 1.54) is 28.0 Å². The Morgan fingerprint density at radius 3 is 2.80 bits per heavy atom. The minimum atomic E-state index is -1.11. The number of aliphatic carboxylic acids is 1. The predicted molar refractivity (Wildman–Crippen MR) is 94.4 cm³/mol. The van der Waals surface area contributed by atoms with Crippen LogP contribution < -0.4 is 0 Å². The molecule has 2 aromatic rings. The topological polar surface area (TPSA) is 95.1 Å². The number of carboxylic acid groups (broad SMARTS) is 1. The fraction of sp³-hybridized carbons (Fsp3) is 0.438. The van der Waals surface area contributed by atoms with Gasteiger partial charge in [0, 0.05) is 17.7 Å². The number of thioether (sulfide) groups is 1. The molecule has 2 aromatic heterocycles. The molecular weight excluding hydrogens is 362 g/mol. The van der Waals surface area contributed by atoms with Gasteiger partial charge in [-0.3, -0.25) is 9.20 Å². The lowest BCUT2D eigenvalue weighted by atomic mass is 9.77. The van der Waals surface area contributed by atoms with E-state index in [2.05, 4.69) is 4.98 Å². The summed E-state index contributed by atoms with van der Waals surface area (Å²) in [5.74, 6) is -2.12. The maximum Gasteiger partial charge on any atom is 0.352 e. The maximum absolute atomic E-state index is 12.4. The standard InChI is InChI=1S/C16H17N3O4S2/c1-6-9(8-4-18-5-17-13(24-3)15(18)25-8)12(16(22)23)19-11(6)10(7(2)20)14(19)21/h4-7,10-11,20H,1-3H3,(H,22,23)/t6-,7+,10+,11?/m0/s1. The fourth-order valence-electron chi connectivity index (χ4n) is 3.94. The Kier molecular flexibility index (Phi) is 3.71. The molecule has 1 unspecified atom stereocenters. The lowest BCUT2D eigenvalue weighted by molar-refractivity contribution is -0.163. The fourth-order valence-corrected chi connectivity index (χ4v) is 5.86. The van der Waals surface area contributed by atoms with Crippen LogP contribution in [0.2, 0.25) is 0 Å². The third-order valence-corrected chi connectivity index (χ3v) is 6.97. The smallest absolute Gasteiger partial charge is 0.352 e. The van der Waals surface area contributed by atoms with E-state index in [1.807, 2.05) is 23.8 Å². The third kappa shape index (κ3) is 2.12. The normalized spacial score (nSPS) is 27.0. The first kappa shape index (κ1) is 16.6. The number of β-lactam (4-membered cyclic amide) rings is 1. The number of thiazole rings is 1. The molecule has 7 nitrogen and oxygen atoms in total. The van der Waals surface area contributed by atoms with E-state index >= 15 is 0 Å². The Balaban J connectivity index is 1.85. The lowest BCUT2D eigenvalue weighted by Crippen LogP contribution is -2.63. The molecule has 1 amide bonds. The minimum Gasteiger partial charge on any atom is -0.477 e. The number of carbonyl (C=O) groups is 2. The number of nitrogens with zero attached hydrogens (tertiary/aromatic N) is 3. The Morgan fingerprint density at radius 2 is 2.20 bits per heavy atom. The monoisotopic (exact) mass is 379 g/mol. The van der Waals surface area contributed by atoms with Crippen molar-refractivity contribution < 1.29 is 19.8 Å². The van der Waals surface area contributed by atoms with Gasteiger partial charge in [0.2, 0.25) is 5.91 Å². The second-order valence-corrected chi connectivity index (χ2v) is 8.21. The molecule has 0 aromatic carbocycles. The van der Waals surface area contributed by atoms with Crippen LogP contribution in [0, 0.1) is 11.8 Å². The van der Waals surface area contributed by atoms with Gasteiger partial charge < -0.3 is 15.1 Å². The predicted octanol–water partition coefficient (Wildman–Crippen LogP) is 1.77. The molecule has 25 heavy (non-hydrogen) atoms. The van der Waals surface area contributed by atoms with Gasteiger partial charge in [-0.15, -0.1) is 23.1 Å². The summed E-state index contributed by atoms with van der Waals surface area (Å²) in [5.41, 5.74) is 0.706. The van der Waals surface area contributed by atoms with E-state index < -0.39 is 18.0 Å². The summed E-state index contributed by atoms with van der Waals surface area (Å²) >= 11 is 3.01. The van der Waals surface area contributed by atoms with E-state index in [0.717, 1.165) is 14.7 Å². The third-order valence-electron chi connectivity index (χ3n) is 5.01. The molecule has 4 heterocycles. The molecule has 0 radical (unpaired) electrons. The highest BCUT2D eigenvalue weighted by molar-refractivity contribution is 7.98. The molecule has 4 atom stereocenters. The van der Waals surface area contributed by atoms with Crippen molar-refractivity contribution in [3.8, 4) is 0 Å². The minimum absolute atomic E-state index is 0.0440. The summed E-state index contributed by atoms with van der Waals surface area (Å²) in [6, 6.07) is -0.298. The van der Waals surface area contributed by atoms with Crippen LogP contribution in [0.4, 0.5) is 0 Å². The molecule has 132 valence electrons. The summed E-state index contributed by atoms with van der Waals surface area (Å²) in [7, 11) is 0. The first-order chi connectivity index (χ1) is 11.9. The van der Waals surface area contributed by atoms with Crippen LogP contribution >= 0.6 is 23.1 Å². The van der Waals surface area contributed by atoms with Gasteiger partial charge in [-0.1, -0.05) is 6.92 Å². The lowest BCUT2D eigenvalue weighted by Gasteiger charge is -2.46. The molecule has 9 heteroatoms. The highest BCUT2D eigenvalue weighted by atomic mass is 32.2. The van der Waals surface area contributed by atoms with Gasteiger partial charge in [-0.25, -0.2) is 9.78 Å². The van der Waals surface area contributed by atoms with E-state index in [1.54, 1.807) is 13.3 Å². The first-order valence-corrected chi connectivity index (χ1v) is 9.90. The molecule has 1 fully saturated rings. The van der Waals surface area contributed by atoms with Crippen molar-refractivity contribution in [2.24, 2.45) is 11.8 Å². The van der Waals surface area contributed by atoms with Crippen molar-refractivity contribution >= 4 is 45.4 Å². The molecule has 0 saturated carbocycles. The SMILES string of the molecule is CSc1ncn2cc(C3=C(C(=O)O)N4C(=O)[C@H]([C@@H](C)O)C4[C@H]3C)sc12. The molecule has 2 aliphatic rings. The summed E-state index contributed by atoms with van der Waals surface area (Å²) in [4.78, 5) is 31.7. The van der Waals surface area contributed by atoms with Gasteiger partial charge in [0.05, 0.1) is 22.9 Å². The summed E-state index contributed by atoms with van der Waals surface area (Å²) in [5, 5.41) is 20.5. The number of carbonyl (C=O) groups excluding carboxylic acids is 1.